The van der Waals surface area contributed by atoms with Crippen molar-refractivity contribution in [2.24, 2.45) is 0 Å². The third-order valence-corrected chi connectivity index (χ3v) is 6.35. The smallest absolute Gasteiger partial charge is 0.159 e. The molecule has 0 bridgehead atoms. The topological polar surface area (TPSA) is 102 Å². The first-order valence-electron chi connectivity index (χ1n) is 9.54. The van der Waals surface area contributed by atoms with Crippen molar-refractivity contribution >= 4 is 17.4 Å². The van der Waals surface area contributed by atoms with E-state index in [-0.39, 0.29) is 6.61 Å². The van der Waals surface area contributed by atoms with Gasteiger partial charge in [-0.2, -0.15) is 0 Å². The van der Waals surface area contributed by atoms with Gasteiger partial charge in [-0.1, -0.05) is 24.3 Å². The van der Waals surface area contributed by atoms with E-state index >= 15 is 0 Å². The molecule has 0 aromatic heterocycles. The average Bonchev–Trinajstić information content (AvgIpc) is 3.22. The molecular formula is C22H25NO5S. The maximum atomic E-state index is 10.6. The second kappa shape index (κ2) is 8.38. The monoisotopic (exact) mass is 415 g/mol. The summed E-state index contributed by atoms with van der Waals surface area (Å²) in [6, 6.07) is 12.2. The Bertz CT molecular complexity index is 914. The molecule has 0 fully saturated rings. The van der Waals surface area contributed by atoms with E-state index in [1.807, 2.05) is 18.4 Å². The van der Waals surface area contributed by atoms with Crippen molar-refractivity contribution in [2.75, 3.05) is 24.9 Å². The number of ether oxygens (including phenoxy) is 1. The fraction of sp³-hybridized carbons (Fsp3) is 0.364. The van der Waals surface area contributed by atoms with Crippen LogP contribution in [0.3, 0.4) is 0 Å². The first-order valence-corrected chi connectivity index (χ1v) is 10.8. The summed E-state index contributed by atoms with van der Waals surface area (Å²) in [7, 11) is 0. The predicted octanol–water partition coefficient (Wildman–Crippen LogP) is 1.86. The Balaban J connectivity index is 1.72. The van der Waals surface area contributed by atoms with Gasteiger partial charge in [-0.25, -0.2) is 0 Å². The van der Waals surface area contributed by atoms with Crippen molar-refractivity contribution in [2.45, 2.75) is 35.5 Å². The highest BCUT2D eigenvalue weighted by atomic mass is 32.2. The quantitative estimate of drug-likeness (QED) is 0.375. The lowest BCUT2D eigenvalue weighted by Gasteiger charge is -2.34. The molecule has 154 valence electrons. The SMILES string of the molecule is CSc1ccc(Cc2cc(C3C=C(CO)C(O)C(O)C3O)cc3c2OCN3)cc1. The first kappa shape index (κ1) is 20.3. The first-order chi connectivity index (χ1) is 14.0. The molecule has 1 aliphatic carbocycles. The molecule has 4 rings (SSSR count). The van der Waals surface area contributed by atoms with Crippen LogP contribution < -0.4 is 10.1 Å². The summed E-state index contributed by atoms with van der Waals surface area (Å²) in [5.41, 5.74) is 4.06. The molecule has 0 spiro atoms. The Morgan fingerprint density at radius 1 is 1.10 bits per heavy atom. The minimum absolute atomic E-state index is 0.312. The minimum atomic E-state index is -1.35. The molecule has 0 radical (unpaired) electrons. The van der Waals surface area contributed by atoms with Crippen LogP contribution in [0.5, 0.6) is 5.75 Å². The summed E-state index contributed by atoms with van der Waals surface area (Å²) in [6.45, 7) is 0.00584. The third kappa shape index (κ3) is 3.89. The van der Waals surface area contributed by atoms with Gasteiger partial charge in [0.05, 0.1) is 18.4 Å². The van der Waals surface area contributed by atoms with Crippen molar-refractivity contribution in [3.05, 3.63) is 64.7 Å². The molecule has 2 aromatic rings. The molecule has 6 nitrogen and oxygen atoms in total. The van der Waals surface area contributed by atoms with Crippen molar-refractivity contribution in [3.8, 4) is 5.75 Å². The number of rotatable bonds is 5. The van der Waals surface area contributed by atoms with Gasteiger partial charge >= 0.3 is 0 Å². The average molecular weight is 416 g/mol. The molecule has 1 heterocycles. The van der Waals surface area contributed by atoms with E-state index in [9.17, 15) is 20.4 Å². The second-order valence-electron chi connectivity index (χ2n) is 7.40. The van der Waals surface area contributed by atoms with Crippen LogP contribution in [0.4, 0.5) is 5.69 Å². The summed E-state index contributed by atoms with van der Waals surface area (Å²) in [5, 5.41) is 43.6. The van der Waals surface area contributed by atoms with Crippen molar-refractivity contribution in [3.63, 3.8) is 0 Å². The van der Waals surface area contributed by atoms with Crippen LogP contribution in [0.2, 0.25) is 0 Å². The van der Waals surface area contributed by atoms with Crippen LogP contribution in [0.25, 0.3) is 0 Å². The number of benzene rings is 2. The van der Waals surface area contributed by atoms with Crippen LogP contribution in [0, 0.1) is 0 Å². The summed E-state index contributed by atoms with van der Waals surface area (Å²) in [6.07, 6.45) is 0.561. The summed E-state index contributed by atoms with van der Waals surface area (Å²) >= 11 is 1.69. The molecule has 2 aromatic carbocycles. The van der Waals surface area contributed by atoms with Crippen molar-refractivity contribution in [1.29, 1.82) is 0 Å². The van der Waals surface area contributed by atoms with Crippen LogP contribution in [-0.4, -0.2) is 58.3 Å². The number of anilines is 1. The molecular weight excluding hydrogens is 390 g/mol. The molecule has 0 saturated heterocycles. The third-order valence-electron chi connectivity index (χ3n) is 5.60. The lowest BCUT2D eigenvalue weighted by atomic mass is 9.79. The summed E-state index contributed by atoms with van der Waals surface area (Å²) in [4.78, 5) is 1.20. The van der Waals surface area contributed by atoms with Gasteiger partial charge in [0.2, 0.25) is 0 Å². The van der Waals surface area contributed by atoms with Gasteiger partial charge in [0.25, 0.3) is 0 Å². The fourth-order valence-corrected chi connectivity index (χ4v) is 4.38. The zero-order valence-corrected chi connectivity index (χ0v) is 16.9. The molecule has 5 N–H and O–H groups in total. The van der Waals surface area contributed by atoms with E-state index < -0.39 is 24.2 Å². The molecule has 1 aliphatic heterocycles. The highest BCUT2D eigenvalue weighted by Crippen LogP contribution is 2.40. The Hall–Kier alpha value is -2.03. The Kier molecular flexibility index (Phi) is 5.85. The lowest BCUT2D eigenvalue weighted by molar-refractivity contribution is -0.0608. The normalized spacial score (nSPS) is 25.8. The standard InChI is InChI=1S/C22H25NO5S/c1-29-16-4-2-12(3-5-16)6-14-7-13(9-18-22(14)28-11-23-18)17-8-15(10-24)19(25)21(27)20(17)26/h2-5,7-9,17,19-21,23-27H,6,10-11H2,1H3. The number of hydrogen-bond donors (Lipinski definition) is 5. The van der Waals surface area contributed by atoms with Gasteiger partial charge < -0.3 is 30.5 Å². The zero-order valence-electron chi connectivity index (χ0n) is 16.1. The molecule has 4 unspecified atom stereocenters. The van der Waals surface area contributed by atoms with Crippen LogP contribution in [-0.2, 0) is 6.42 Å². The van der Waals surface area contributed by atoms with Gasteiger partial charge in [-0.05, 0) is 41.2 Å². The Morgan fingerprint density at radius 3 is 2.55 bits per heavy atom. The number of hydrogen-bond acceptors (Lipinski definition) is 7. The number of fused-ring (bicyclic) bond motifs is 1. The number of nitrogens with one attached hydrogen (secondary N) is 1. The van der Waals surface area contributed by atoms with E-state index in [1.54, 1.807) is 17.8 Å². The largest absolute Gasteiger partial charge is 0.471 e. The van der Waals surface area contributed by atoms with E-state index in [0.717, 1.165) is 28.1 Å². The molecule has 4 atom stereocenters. The maximum Gasteiger partial charge on any atom is 0.159 e. The molecule has 29 heavy (non-hydrogen) atoms. The molecule has 7 heteroatoms. The highest BCUT2D eigenvalue weighted by molar-refractivity contribution is 7.98. The van der Waals surface area contributed by atoms with E-state index in [4.69, 9.17) is 4.74 Å². The Morgan fingerprint density at radius 2 is 1.86 bits per heavy atom. The second-order valence-corrected chi connectivity index (χ2v) is 8.28. The van der Waals surface area contributed by atoms with E-state index in [2.05, 4.69) is 29.6 Å². The number of thioether (sulfide) groups is 1. The van der Waals surface area contributed by atoms with Gasteiger partial charge in [0, 0.05) is 22.8 Å². The van der Waals surface area contributed by atoms with E-state index in [1.165, 1.54) is 4.90 Å². The maximum absolute atomic E-state index is 10.6. The number of aliphatic hydroxyl groups is 4. The molecule has 0 saturated carbocycles. The molecule has 2 aliphatic rings. The van der Waals surface area contributed by atoms with Crippen molar-refractivity contribution in [1.82, 2.24) is 0 Å². The van der Waals surface area contributed by atoms with Gasteiger partial charge in [0.1, 0.15) is 18.0 Å². The zero-order chi connectivity index (χ0) is 20.5. The fourth-order valence-electron chi connectivity index (χ4n) is 3.97. The van der Waals surface area contributed by atoms with Crippen LogP contribution >= 0.6 is 11.8 Å². The van der Waals surface area contributed by atoms with Gasteiger partial charge in [0.15, 0.2) is 6.73 Å². The minimum Gasteiger partial charge on any atom is -0.471 e. The Labute approximate surface area is 173 Å². The van der Waals surface area contributed by atoms with Crippen LogP contribution in [0.15, 0.2) is 52.9 Å². The highest BCUT2D eigenvalue weighted by Gasteiger charge is 2.38. The summed E-state index contributed by atoms with van der Waals surface area (Å²) in [5.74, 6) is 0.251. The summed E-state index contributed by atoms with van der Waals surface area (Å²) < 4.78 is 5.77. The predicted molar refractivity (Wildman–Crippen MR) is 113 cm³/mol. The molecule has 0 amide bonds. The van der Waals surface area contributed by atoms with Crippen molar-refractivity contribution < 1.29 is 25.2 Å². The number of aliphatic hydroxyl groups excluding tert-OH is 4. The lowest BCUT2D eigenvalue weighted by Crippen LogP contribution is -2.45. The van der Waals surface area contributed by atoms with Crippen LogP contribution in [0.1, 0.15) is 22.6 Å². The van der Waals surface area contributed by atoms with Gasteiger partial charge in [-0.15, -0.1) is 11.8 Å². The van der Waals surface area contributed by atoms with Gasteiger partial charge in [-0.3, -0.25) is 0 Å². The van der Waals surface area contributed by atoms with E-state index in [0.29, 0.717) is 18.7 Å².